The molecule has 1 nitrogen and oxygen atoms in total. The summed E-state index contributed by atoms with van der Waals surface area (Å²) < 4.78 is 0. The van der Waals surface area contributed by atoms with Crippen molar-refractivity contribution in [1.82, 2.24) is 4.90 Å². The summed E-state index contributed by atoms with van der Waals surface area (Å²) in [5, 5.41) is 0. The highest BCUT2D eigenvalue weighted by Crippen LogP contribution is 2.44. The molecule has 1 unspecified atom stereocenters. The Hall–Kier alpha value is -0.0400. The van der Waals surface area contributed by atoms with Gasteiger partial charge in [0.1, 0.15) is 0 Å². The minimum absolute atomic E-state index is 0.628. The van der Waals surface area contributed by atoms with E-state index < -0.39 is 0 Å². The van der Waals surface area contributed by atoms with Gasteiger partial charge in [-0.3, -0.25) is 0 Å². The SMILES string of the molecule is CCC12CCC[C@H](CN1C)C2. The lowest BCUT2D eigenvalue weighted by atomic mass is 9.78. The van der Waals surface area contributed by atoms with E-state index in [4.69, 9.17) is 0 Å². The second kappa shape index (κ2) is 2.48. The summed E-state index contributed by atoms with van der Waals surface area (Å²) in [6, 6.07) is 0. The van der Waals surface area contributed by atoms with Gasteiger partial charge in [0, 0.05) is 12.1 Å². The summed E-state index contributed by atoms with van der Waals surface area (Å²) in [4.78, 5) is 2.62. The van der Waals surface area contributed by atoms with E-state index in [2.05, 4.69) is 18.9 Å². The molecule has 2 bridgehead atoms. The van der Waals surface area contributed by atoms with Gasteiger partial charge in [-0.15, -0.1) is 0 Å². The maximum Gasteiger partial charge on any atom is 0.0207 e. The predicted octanol–water partition coefficient (Wildman–Crippen LogP) is 2.27. The van der Waals surface area contributed by atoms with Crippen molar-refractivity contribution in [1.29, 1.82) is 0 Å². The summed E-state index contributed by atoms with van der Waals surface area (Å²) in [5.74, 6) is 1.04. The fourth-order valence-electron chi connectivity index (χ4n) is 3.14. The molecule has 64 valence electrons. The van der Waals surface area contributed by atoms with Crippen LogP contribution in [-0.2, 0) is 0 Å². The van der Waals surface area contributed by atoms with E-state index in [-0.39, 0.29) is 0 Å². The Morgan fingerprint density at radius 2 is 2.36 bits per heavy atom. The third kappa shape index (κ3) is 1.01. The Labute approximate surface area is 69.8 Å². The summed E-state index contributed by atoms with van der Waals surface area (Å²) in [5.41, 5.74) is 0.628. The van der Waals surface area contributed by atoms with Gasteiger partial charge in [0.2, 0.25) is 0 Å². The third-order valence-electron chi connectivity index (χ3n) is 3.92. The van der Waals surface area contributed by atoms with Crippen molar-refractivity contribution < 1.29 is 0 Å². The summed E-state index contributed by atoms with van der Waals surface area (Å²) in [7, 11) is 2.31. The molecule has 2 aliphatic rings. The standard InChI is InChI=1S/C10H19N/c1-3-10-6-4-5-9(7-10)8-11(10)2/h9H,3-8H2,1-2H3/t9-,10?/m0/s1. The van der Waals surface area contributed by atoms with E-state index in [0.717, 1.165) is 5.92 Å². The van der Waals surface area contributed by atoms with E-state index in [1.165, 1.54) is 38.6 Å². The quantitative estimate of drug-likeness (QED) is 0.558. The van der Waals surface area contributed by atoms with Crippen LogP contribution in [0.15, 0.2) is 0 Å². The third-order valence-corrected chi connectivity index (χ3v) is 3.92. The lowest BCUT2D eigenvalue weighted by Gasteiger charge is -2.37. The van der Waals surface area contributed by atoms with E-state index in [0.29, 0.717) is 5.54 Å². The van der Waals surface area contributed by atoms with Crippen LogP contribution in [0.25, 0.3) is 0 Å². The van der Waals surface area contributed by atoms with Crippen LogP contribution in [-0.4, -0.2) is 24.0 Å². The normalized spacial score (nSPS) is 44.7. The van der Waals surface area contributed by atoms with Gasteiger partial charge < -0.3 is 4.90 Å². The molecule has 11 heavy (non-hydrogen) atoms. The molecule has 0 aromatic carbocycles. The zero-order valence-electron chi connectivity index (χ0n) is 7.77. The molecule has 1 saturated carbocycles. The summed E-state index contributed by atoms with van der Waals surface area (Å²) >= 11 is 0. The van der Waals surface area contributed by atoms with Crippen LogP contribution in [0.1, 0.15) is 39.0 Å². The molecule has 1 saturated heterocycles. The van der Waals surface area contributed by atoms with Gasteiger partial charge in [-0.25, -0.2) is 0 Å². The van der Waals surface area contributed by atoms with Crippen LogP contribution in [0.3, 0.4) is 0 Å². The highest BCUT2D eigenvalue weighted by atomic mass is 15.2. The second-order valence-electron chi connectivity index (χ2n) is 4.42. The van der Waals surface area contributed by atoms with E-state index in [1.54, 1.807) is 0 Å². The van der Waals surface area contributed by atoms with Crippen molar-refractivity contribution >= 4 is 0 Å². The van der Waals surface area contributed by atoms with Crippen molar-refractivity contribution in [2.24, 2.45) is 5.92 Å². The van der Waals surface area contributed by atoms with Gasteiger partial charge in [0.15, 0.2) is 0 Å². The summed E-state index contributed by atoms with van der Waals surface area (Å²) in [6.07, 6.45) is 7.27. The van der Waals surface area contributed by atoms with Crippen LogP contribution in [0.2, 0.25) is 0 Å². The van der Waals surface area contributed by atoms with Crippen molar-refractivity contribution in [2.75, 3.05) is 13.6 Å². The molecule has 0 radical (unpaired) electrons. The van der Waals surface area contributed by atoms with Gasteiger partial charge in [0.25, 0.3) is 0 Å². The first kappa shape index (κ1) is 7.60. The highest BCUT2D eigenvalue weighted by molar-refractivity contribution is 4.99. The number of rotatable bonds is 1. The fraction of sp³-hybridized carbons (Fsp3) is 1.00. The van der Waals surface area contributed by atoms with Gasteiger partial charge in [-0.05, 0) is 38.6 Å². The van der Waals surface area contributed by atoms with Crippen LogP contribution in [0.5, 0.6) is 0 Å². The lowest BCUT2D eigenvalue weighted by molar-refractivity contribution is 0.147. The minimum Gasteiger partial charge on any atom is -0.300 e. The van der Waals surface area contributed by atoms with Crippen molar-refractivity contribution in [2.45, 2.75) is 44.6 Å². The molecule has 2 fully saturated rings. The Morgan fingerprint density at radius 3 is 3.00 bits per heavy atom. The number of hydrogen-bond acceptors (Lipinski definition) is 1. The first-order valence-electron chi connectivity index (χ1n) is 4.98. The molecular formula is C10H19N. The number of likely N-dealkylation sites (tertiary alicyclic amines) is 1. The molecule has 1 aliphatic carbocycles. The number of fused-ring (bicyclic) bond motifs is 2. The zero-order valence-corrected chi connectivity index (χ0v) is 7.77. The monoisotopic (exact) mass is 153 g/mol. The molecule has 0 amide bonds. The molecular weight excluding hydrogens is 134 g/mol. The maximum absolute atomic E-state index is 2.62. The molecule has 0 spiro atoms. The van der Waals surface area contributed by atoms with Gasteiger partial charge in [-0.2, -0.15) is 0 Å². The smallest absolute Gasteiger partial charge is 0.0207 e. The number of nitrogens with zero attached hydrogens (tertiary/aromatic N) is 1. The lowest BCUT2D eigenvalue weighted by Crippen LogP contribution is -2.40. The topological polar surface area (TPSA) is 3.24 Å². The Bertz CT molecular complexity index is 155. The summed E-state index contributed by atoms with van der Waals surface area (Å²) in [6.45, 7) is 3.72. The molecule has 2 rings (SSSR count). The minimum atomic E-state index is 0.628. The molecule has 0 aromatic heterocycles. The predicted molar refractivity (Wildman–Crippen MR) is 47.6 cm³/mol. The van der Waals surface area contributed by atoms with Crippen LogP contribution in [0, 0.1) is 5.92 Å². The van der Waals surface area contributed by atoms with Crippen LogP contribution < -0.4 is 0 Å². The van der Waals surface area contributed by atoms with E-state index in [9.17, 15) is 0 Å². The highest BCUT2D eigenvalue weighted by Gasteiger charge is 2.44. The molecule has 1 aliphatic heterocycles. The van der Waals surface area contributed by atoms with E-state index in [1.807, 2.05) is 0 Å². The van der Waals surface area contributed by atoms with E-state index >= 15 is 0 Å². The Balaban J connectivity index is 2.17. The molecule has 0 aromatic rings. The average molecular weight is 153 g/mol. The first-order chi connectivity index (χ1) is 5.27. The first-order valence-corrected chi connectivity index (χ1v) is 4.98. The molecule has 2 atom stereocenters. The Morgan fingerprint density at radius 1 is 1.55 bits per heavy atom. The van der Waals surface area contributed by atoms with Crippen molar-refractivity contribution in [3.05, 3.63) is 0 Å². The van der Waals surface area contributed by atoms with Crippen LogP contribution in [0.4, 0.5) is 0 Å². The second-order valence-corrected chi connectivity index (χ2v) is 4.42. The fourth-order valence-corrected chi connectivity index (χ4v) is 3.14. The van der Waals surface area contributed by atoms with Crippen LogP contribution >= 0.6 is 0 Å². The zero-order chi connectivity index (χ0) is 7.90. The van der Waals surface area contributed by atoms with Crippen molar-refractivity contribution in [3.63, 3.8) is 0 Å². The largest absolute Gasteiger partial charge is 0.300 e. The average Bonchev–Trinajstić information content (AvgIpc) is 2.24. The van der Waals surface area contributed by atoms with Gasteiger partial charge in [0.05, 0.1) is 0 Å². The number of hydrogen-bond donors (Lipinski definition) is 0. The van der Waals surface area contributed by atoms with Gasteiger partial charge in [-0.1, -0.05) is 13.3 Å². The van der Waals surface area contributed by atoms with Crippen molar-refractivity contribution in [3.8, 4) is 0 Å². The molecule has 1 heteroatoms. The van der Waals surface area contributed by atoms with Gasteiger partial charge >= 0.3 is 0 Å². The molecule has 1 heterocycles. The maximum atomic E-state index is 2.62. The molecule has 0 N–H and O–H groups in total. The Kier molecular flexibility index (Phi) is 1.71.